The Balaban J connectivity index is 1.83. The van der Waals surface area contributed by atoms with Crippen molar-refractivity contribution in [3.05, 3.63) is 59.8 Å². The number of hydrogen-bond acceptors (Lipinski definition) is 5. The topological polar surface area (TPSA) is 77.8 Å². The van der Waals surface area contributed by atoms with Crippen LogP contribution < -0.4 is 10.1 Å². The summed E-state index contributed by atoms with van der Waals surface area (Å²) in [5, 5.41) is 2.59. The number of methoxy groups -OCH3 is 1. The van der Waals surface area contributed by atoms with Crippen molar-refractivity contribution < 1.29 is 27.9 Å². The van der Waals surface area contributed by atoms with Crippen LogP contribution in [-0.4, -0.2) is 25.1 Å². The summed E-state index contributed by atoms with van der Waals surface area (Å²) in [6.45, 7) is 1.66. The van der Waals surface area contributed by atoms with Crippen molar-refractivity contribution in [3.63, 3.8) is 0 Å². The number of amides is 1. The molecule has 1 heterocycles. The fourth-order valence-electron chi connectivity index (χ4n) is 1.95. The van der Waals surface area contributed by atoms with Crippen LogP contribution in [-0.2, 0) is 20.9 Å². The molecule has 7 heteroatoms. The molecular formula is C18H18FNO5. The first-order valence-electron chi connectivity index (χ1n) is 7.52. The third-order valence-corrected chi connectivity index (χ3v) is 3.27. The first-order valence-corrected chi connectivity index (χ1v) is 7.52. The minimum Gasteiger partial charge on any atom is -0.494 e. The van der Waals surface area contributed by atoms with Crippen molar-refractivity contribution in [1.29, 1.82) is 0 Å². The average molecular weight is 347 g/mol. The van der Waals surface area contributed by atoms with Gasteiger partial charge in [-0.05, 0) is 42.8 Å². The van der Waals surface area contributed by atoms with Gasteiger partial charge in [0.25, 0.3) is 5.91 Å². The standard InChI is InChI=1S/C18H18FNO5/c1-12(18(22)20-11-14-4-3-9-24-14)25-17(21)8-6-13-5-7-16(23-2)15(19)10-13/h3-10,12H,11H2,1-2H3,(H,20,22)/b8-6+/t12-/m1/s1. The van der Waals surface area contributed by atoms with Gasteiger partial charge >= 0.3 is 5.97 Å². The number of hydrogen-bond donors (Lipinski definition) is 1. The van der Waals surface area contributed by atoms with Crippen molar-refractivity contribution in [2.75, 3.05) is 7.11 Å². The van der Waals surface area contributed by atoms with Gasteiger partial charge in [-0.1, -0.05) is 6.07 Å². The van der Waals surface area contributed by atoms with E-state index in [4.69, 9.17) is 13.9 Å². The molecule has 0 fully saturated rings. The van der Waals surface area contributed by atoms with E-state index in [0.29, 0.717) is 11.3 Å². The molecule has 1 aromatic heterocycles. The summed E-state index contributed by atoms with van der Waals surface area (Å²) < 4.78 is 28.4. The first kappa shape index (κ1) is 18.3. The number of furan rings is 1. The van der Waals surface area contributed by atoms with E-state index in [1.165, 1.54) is 38.5 Å². The van der Waals surface area contributed by atoms with E-state index in [1.54, 1.807) is 18.2 Å². The molecule has 0 aliphatic rings. The molecule has 0 bridgehead atoms. The van der Waals surface area contributed by atoms with Gasteiger partial charge in [0.2, 0.25) is 0 Å². The number of benzene rings is 1. The van der Waals surface area contributed by atoms with E-state index >= 15 is 0 Å². The molecule has 0 radical (unpaired) electrons. The Kier molecular flexibility index (Phi) is 6.33. The normalized spacial score (nSPS) is 12.0. The molecule has 0 aliphatic heterocycles. The van der Waals surface area contributed by atoms with Crippen LogP contribution in [0.25, 0.3) is 6.08 Å². The van der Waals surface area contributed by atoms with Crippen molar-refractivity contribution >= 4 is 18.0 Å². The van der Waals surface area contributed by atoms with Gasteiger partial charge in [-0.2, -0.15) is 0 Å². The van der Waals surface area contributed by atoms with Crippen LogP contribution in [0.15, 0.2) is 47.1 Å². The Morgan fingerprint density at radius 2 is 2.16 bits per heavy atom. The zero-order chi connectivity index (χ0) is 18.2. The van der Waals surface area contributed by atoms with Gasteiger partial charge in [0.1, 0.15) is 5.76 Å². The molecule has 0 spiro atoms. The highest BCUT2D eigenvalue weighted by atomic mass is 19.1. The Hall–Kier alpha value is -3.09. The minimum atomic E-state index is -0.972. The van der Waals surface area contributed by atoms with Crippen molar-refractivity contribution in [3.8, 4) is 5.75 Å². The highest BCUT2D eigenvalue weighted by Crippen LogP contribution is 2.18. The summed E-state index contributed by atoms with van der Waals surface area (Å²) in [6, 6.07) is 7.68. The molecule has 1 atom stereocenters. The number of carbonyl (C=O) groups excluding carboxylic acids is 2. The summed E-state index contributed by atoms with van der Waals surface area (Å²) in [4.78, 5) is 23.6. The molecule has 1 amide bonds. The number of carbonyl (C=O) groups is 2. The van der Waals surface area contributed by atoms with E-state index < -0.39 is 23.8 Å². The molecule has 0 saturated heterocycles. The maximum atomic E-state index is 13.6. The van der Waals surface area contributed by atoms with Crippen LogP contribution >= 0.6 is 0 Å². The van der Waals surface area contributed by atoms with Gasteiger partial charge in [0.15, 0.2) is 17.7 Å². The lowest BCUT2D eigenvalue weighted by Crippen LogP contribution is -2.35. The maximum Gasteiger partial charge on any atom is 0.331 e. The summed E-state index contributed by atoms with van der Waals surface area (Å²) in [7, 11) is 1.36. The Morgan fingerprint density at radius 1 is 1.36 bits per heavy atom. The number of ether oxygens (including phenoxy) is 2. The van der Waals surface area contributed by atoms with Crippen LogP contribution in [0.1, 0.15) is 18.2 Å². The lowest BCUT2D eigenvalue weighted by atomic mass is 10.2. The number of rotatable bonds is 7. The molecule has 0 aliphatic carbocycles. The molecule has 1 aromatic carbocycles. The largest absolute Gasteiger partial charge is 0.494 e. The summed E-state index contributed by atoms with van der Waals surface area (Å²) in [6.07, 6.45) is 3.04. The molecule has 1 N–H and O–H groups in total. The van der Waals surface area contributed by atoms with Crippen LogP contribution in [0.5, 0.6) is 5.75 Å². The maximum absolute atomic E-state index is 13.6. The second-order valence-corrected chi connectivity index (χ2v) is 5.10. The fourth-order valence-corrected chi connectivity index (χ4v) is 1.95. The minimum absolute atomic E-state index is 0.113. The van der Waals surface area contributed by atoms with Crippen molar-refractivity contribution in [2.24, 2.45) is 0 Å². The van der Waals surface area contributed by atoms with Gasteiger partial charge in [-0.25, -0.2) is 9.18 Å². The summed E-state index contributed by atoms with van der Waals surface area (Å²) >= 11 is 0. The van der Waals surface area contributed by atoms with E-state index in [-0.39, 0.29) is 12.3 Å². The van der Waals surface area contributed by atoms with Crippen LogP contribution in [0.4, 0.5) is 4.39 Å². The highest BCUT2D eigenvalue weighted by Gasteiger charge is 2.16. The molecule has 0 saturated carbocycles. The third-order valence-electron chi connectivity index (χ3n) is 3.27. The fraction of sp³-hybridized carbons (Fsp3) is 0.222. The van der Waals surface area contributed by atoms with E-state index in [9.17, 15) is 14.0 Å². The molecule has 2 rings (SSSR count). The van der Waals surface area contributed by atoms with Gasteiger partial charge < -0.3 is 19.2 Å². The van der Waals surface area contributed by atoms with Crippen LogP contribution in [0.3, 0.4) is 0 Å². The van der Waals surface area contributed by atoms with Gasteiger partial charge in [0.05, 0.1) is 19.9 Å². The Labute approximate surface area is 144 Å². The lowest BCUT2D eigenvalue weighted by Gasteiger charge is -2.11. The predicted octanol–water partition coefficient (Wildman–Crippen LogP) is 2.69. The zero-order valence-electron chi connectivity index (χ0n) is 13.8. The molecule has 0 unspecified atom stereocenters. The molecule has 25 heavy (non-hydrogen) atoms. The second-order valence-electron chi connectivity index (χ2n) is 5.10. The Bertz CT molecular complexity index is 755. The number of esters is 1. The zero-order valence-corrected chi connectivity index (χ0v) is 13.8. The Morgan fingerprint density at radius 3 is 2.80 bits per heavy atom. The quantitative estimate of drug-likeness (QED) is 0.615. The molecule has 6 nitrogen and oxygen atoms in total. The first-order chi connectivity index (χ1) is 12.0. The van der Waals surface area contributed by atoms with E-state index in [2.05, 4.69) is 5.32 Å². The summed E-state index contributed by atoms with van der Waals surface area (Å²) in [5.41, 5.74) is 0.463. The molecular weight excluding hydrogens is 329 g/mol. The van der Waals surface area contributed by atoms with Crippen molar-refractivity contribution in [2.45, 2.75) is 19.6 Å². The van der Waals surface area contributed by atoms with Gasteiger partial charge in [-0.15, -0.1) is 0 Å². The number of nitrogens with one attached hydrogen (secondary N) is 1. The van der Waals surface area contributed by atoms with Crippen LogP contribution in [0.2, 0.25) is 0 Å². The molecule has 2 aromatic rings. The third kappa shape index (κ3) is 5.49. The van der Waals surface area contributed by atoms with E-state index in [0.717, 1.165) is 6.08 Å². The number of halogens is 1. The average Bonchev–Trinajstić information content (AvgIpc) is 3.11. The monoisotopic (exact) mass is 347 g/mol. The highest BCUT2D eigenvalue weighted by molar-refractivity contribution is 5.90. The van der Waals surface area contributed by atoms with Gasteiger partial charge in [-0.3, -0.25) is 4.79 Å². The SMILES string of the molecule is COc1ccc(/C=C/C(=O)O[C@H](C)C(=O)NCc2ccco2)cc1F. The van der Waals surface area contributed by atoms with Crippen molar-refractivity contribution in [1.82, 2.24) is 5.32 Å². The predicted molar refractivity (Wildman–Crippen MR) is 88.1 cm³/mol. The van der Waals surface area contributed by atoms with Crippen LogP contribution in [0, 0.1) is 5.82 Å². The summed E-state index contributed by atoms with van der Waals surface area (Å²) in [5.74, 6) is -0.996. The second kappa shape index (κ2) is 8.68. The van der Waals surface area contributed by atoms with Gasteiger partial charge in [0, 0.05) is 6.08 Å². The van der Waals surface area contributed by atoms with E-state index in [1.807, 2.05) is 0 Å². The smallest absolute Gasteiger partial charge is 0.331 e. The molecule has 132 valence electrons. The lowest BCUT2D eigenvalue weighted by molar-refractivity contribution is -0.150.